The Morgan fingerprint density at radius 3 is 2.61 bits per heavy atom. The van der Waals surface area contributed by atoms with Gasteiger partial charge in [0.15, 0.2) is 0 Å². The molecule has 2 saturated heterocycles. The third kappa shape index (κ3) is 3.66. The quantitative estimate of drug-likeness (QED) is 0.791. The van der Waals surface area contributed by atoms with Gasteiger partial charge in [-0.3, -0.25) is 0 Å². The summed E-state index contributed by atoms with van der Waals surface area (Å²) in [5, 5.41) is 3.30. The summed E-state index contributed by atoms with van der Waals surface area (Å²) in [5.41, 5.74) is 0. The van der Waals surface area contributed by atoms with Crippen molar-refractivity contribution in [2.75, 3.05) is 39.0 Å². The Labute approximate surface area is 110 Å². The molecule has 0 aromatic rings. The van der Waals surface area contributed by atoms with E-state index in [-0.39, 0.29) is 6.10 Å². The maximum absolute atomic E-state index is 12.2. The summed E-state index contributed by atoms with van der Waals surface area (Å²) in [6.07, 6.45) is 3.92. The molecule has 18 heavy (non-hydrogen) atoms. The molecule has 0 aromatic carbocycles. The first-order valence-corrected chi connectivity index (χ1v) is 8.44. The van der Waals surface area contributed by atoms with Crippen LogP contribution in [0.5, 0.6) is 0 Å². The van der Waals surface area contributed by atoms with E-state index in [0.29, 0.717) is 24.8 Å². The standard InChI is InChI=1S/C12H24N2O3S/c1-17-12-4-8-14(10-12)18(15,16)9-5-11-2-6-13-7-3-11/h11-13H,2-10H2,1H3. The van der Waals surface area contributed by atoms with Crippen molar-refractivity contribution >= 4 is 10.0 Å². The second kappa shape index (κ2) is 6.32. The molecular formula is C12H24N2O3S. The lowest BCUT2D eigenvalue weighted by Gasteiger charge is -2.23. The van der Waals surface area contributed by atoms with Gasteiger partial charge in [0.2, 0.25) is 10.0 Å². The first kappa shape index (κ1) is 14.2. The average molecular weight is 276 g/mol. The molecule has 0 bridgehead atoms. The van der Waals surface area contributed by atoms with E-state index in [9.17, 15) is 8.42 Å². The van der Waals surface area contributed by atoms with Crippen LogP contribution in [0, 0.1) is 5.92 Å². The lowest BCUT2D eigenvalue weighted by Crippen LogP contribution is -2.34. The molecule has 1 unspecified atom stereocenters. The fourth-order valence-electron chi connectivity index (χ4n) is 2.76. The van der Waals surface area contributed by atoms with Gasteiger partial charge in [0.25, 0.3) is 0 Å². The largest absolute Gasteiger partial charge is 0.380 e. The molecule has 1 N–H and O–H groups in total. The van der Waals surface area contributed by atoms with Crippen LogP contribution in [0.4, 0.5) is 0 Å². The third-order valence-electron chi connectivity index (χ3n) is 4.08. The van der Waals surface area contributed by atoms with Gasteiger partial charge in [0, 0.05) is 20.2 Å². The van der Waals surface area contributed by atoms with Gasteiger partial charge in [-0.1, -0.05) is 0 Å². The Morgan fingerprint density at radius 2 is 2.00 bits per heavy atom. The van der Waals surface area contributed by atoms with Gasteiger partial charge in [-0.2, -0.15) is 4.31 Å². The smallest absolute Gasteiger partial charge is 0.214 e. The number of piperidine rings is 1. The lowest BCUT2D eigenvalue weighted by atomic mass is 9.96. The van der Waals surface area contributed by atoms with E-state index >= 15 is 0 Å². The van der Waals surface area contributed by atoms with Crippen LogP contribution in [0.15, 0.2) is 0 Å². The van der Waals surface area contributed by atoms with Crippen molar-refractivity contribution in [1.82, 2.24) is 9.62 Å². The average Bonchev–Trinajstić information content (AvgIpc) is 2.87. The van der Waals surface area contributed by atoms with E-state index in [1.165, 1.54) is 0 Å². The molecule has 6 heteroatoms. The first-order valence-electron chi connectivity index (χ1n) is 6.83. The minimum atomic E-state index is -3.07. The Morgan fingerprint density at radius 1 is 1.28 bits per heavy atom. The monoisotopic (exact) mass is 276 g/mol. The molecule has 0 aromatic heterocycles. The molecule has 1 atom stereocenters. The van der Waals surface area contributed by atoms with E-state index in [4.69, 9.17) is 4.74 Å². The van der Waals surface area contributed by atoms with Crippen molar-refractivity contribution in [3.8, 4) is 0 Å². The number of ether oxygens (including phenoxy) is 1. The molecular weight excluding hydrogens is 252 g/mol. The van der Waals surface area contributed by atoms with Crippen LogP contribution in [0.3, 0.4) is 0 Å². The third-order valence-corrected chi connectivity index (χ3v) is 5.95. The lowest BCUT2D eigenvalue weighted by molar-refractivity contribution is 0.115. The minimum absolute atomic E-state index is 0.0821. The van der Waals surface area contributed by atoms with Gasteiger partial charge >= 0.3 is 0 Å². The van der Waals surface area contributed by atoms with Crippen LogP contribution in [0.2, 0.25) is 0 Å². The molecule has 2 aliphatic heterocycles. The predicted molar refractivity (Wildman–Crippen MR) is 71.0 cm³/mol. The van der Waals surface area contributed by atoms with Crippen LogP contribution in [-0.2, 0) is 14.8 Å². The summed E-state index contributed by atoms with van der Waals surface area (Å²) in [5.74, 6) is 0.871. The topological polar surface area (TPSA) is 58.6 Å². The number of nitrogens with zero attached hydrogens (tertiary/aromatic N) is 1. The van der Waals surface area contributed by atoms with Crippen LogP contribution in [-0.4, -0.2) is 57.9 Å². The summed E-state index contributed by atoms with van der Waals surface area (Å²) >= 11 is 0. The second-order valence-corrected chi connectivity index (χ2v) is 7.39. The van der Waals surface area contributed by atoms with E-state index in [1.54, 1.807) is 11.4 Å². The SMILES string of the molecule is COC1CCN(S(=O)(=O)CCC2CCNCC2)C1. The normalized spacial score (nSPS) is 27.7. The van der Waals surface area contributed by atoms with Crippen molar-refractivity contribution < 1.29 is 13.2 Å². The minimum Gasteiger partial charge on any atom is -0.380 e. The summed E-state index contributed by atoms with van der Waals surface area (Å²) in [4.78, 5) is 0. The molecule has 5 nitrogen and oxygen atoms in total. The van der Waals surface area contributed by atoms with Crippen LogP contribution < -0.4 is 5.32 Å². The summed E-state index contributed by atoms with van der Waals surface area (Å²) in [6, 6.07) is 0. The fourth-order valence-corrected chi connectivity index (χ4v) is 4.42. The molecule has 0 amide bonds. The number of nitrogens with one attached hydrogen (secondary N) is 1. The number of sulfonamides is 1. The van der Waals surface area contributed by atoms with Crippen molar-refractivity contribution in [2.24, 2.45) is 5.92 Å². The fraction of sp³-hybridized carbons (Fsp3) is 1.00. The Bertz CT molecular complexity index is 352. The van der Waals surface area contributed by atoms with Gasteiger partial charge in [0.1, 0.15) is 0 Å². The number of hydrogen-bond acceptors (Lipinski definition) is 4. The van der Waals surface area contributed by atoms with Gasteiger partial charge < -0.3 is 10.1 Å². The number of rotatable bonds is 5. The maximum atomic E-state index is 12.2. The first-order chi connectivity index (χ1) is 8.62. The zero-order valence-corrected chi connectivity index (χ0v) is 11.9. The second-order valence-electron chi connectivity index (χ2n) is 5.30. The molecule has 2 rings (SSSR count). The highest BCUT2D eigenvalue weighted by Crippen LogP contribution is 2.21. The van der Waals surface area contributed by atoms with Crippen molar-refractivity contribution in [1.29, 1.82) is 0 Å². The Kier molecular flexibility index (Phi) is 5.00. The van der Waals surface area contributed by atoms with E-state index < -0.39 is 10.0 Å². The highest BCUT2D eigenvalue weighted by Gasteiger charge is 2.31. The zero-order chi connectivity index (χ0) is 13.0. The van der Waals surface area contributed by atoms with Gasteiger partial charge in [-0.05, 0) is 44.7 Å². The van der Waals surface area contributed by atoms with E-state index in [1.807, 2.05) is 0 Å². The van der Waals surface area contributed by atoms with Crippen LogP contribution >= 0.6 is 0 Å². The highest BCUT2D eigenvalue weighted by atomic mass is 32.2. The van der Waals surface area contributed by atoms with Gasteiger partial charge in [-0.15, -0.1) is 0 Å². The molecule has 0 radical (unpaired) electrons. The summed E-state index contributed by atoms with van der Waals surface area (Å²) in [6.45, 7) is 3.21. The molecule has 2 fully saturated rings. The van der Waals surface area contributed by atoms with E-state index in [2.05, 4.69) is 5.32 Å². The van der Waals surface area contributed by atoms with Crippen LogP contribution in [0.1, 0.15) is 25.7 Å². The van der Waals surface area contributed by atoms with Gasteiger partial charge in [-0.25, -0.2) is 8.42 Å². The maximum Gasteiger partial charge on any atom is 0.214 e. The van der Waals surface area contributed by atoms with Crippen LogP contribution in [0.25, 0.3) is 0 Å². The Balaban J connectivity index is 1.80. The Hall–Kier alpha value is -0.170. The summed E-state index contributed by atoms with van der Waals surface area (Å²) in [7, 11) is -1.42. The molecule has 2 heterocycles. The molecule has 2 aliphatic rings. The molecule has 0 spiro atoms. The van der Waals surface area contributed by atoms with Crippen molar-refractivity contribution in [3.63, 3.8) is 0 Å². The van der Waals surface area contributed by atoms with E-state index in [0.717, 1.165) is 38.8 Å². The summed E-state index contributed by atoms with van der Waals surface area (Å²) < 4.78 is 31.2. The van der Waals surface area contributed by atoms with Gasteiger partial charge in [0.05, 0.1) is 11.9 Å². The molecule has 106 valence electrons. The predicted octanol–water partition coefficient (Wildman–Crippen LogP) is 0.427. The highest BCUT2D eigenvalue weighted by molar-refractivity contribution is 7.89. The number of hydrogen-bond donors (Lipinski definition) is 1. The van der Waals surface area contributed by atoms with Crippen molar-refractivity contribution in [3.05, 3.63) is 0 Å². The molecule has 0 aliphatic carbocycles. The molecule has 0 saturated carbocycles. The number of methoxy groups -OCH3 is 1. The zero-order valence-electron chi connectivity index (χ0n) is 11.1. The van der Waals surface area contributed by atoms with Crippen molar-refractivity contribution in [2.45, 2.75) is 31.8 Å².